The summed E-state index contributed by atoms with van der Waals surface area (Å²) in [4.78, 5) is 0. The second-order valence-electron chi connectivity index (χ2n) is 5.27. The van der Waals surface area contributed by atoms with Crippen molar-refractivity contribution in [3.63, 3.8) is 0 Å². The highest BCUT2D eigenvalue weighted by atomic mass is 28.3. The molecule has 0 aromatic rings. The van der Waals surface area contributed by atoms with E-state index in [1.54, 1.807) is 0 Å². The Bertz CT molecular complexity index is 191. The van der Waals surface area contributed by atoms with Crippen LogP contribution in [0.15, 0.2) is 24.3 Å². The Kier molecular flexibility index (Phi) is 6.91. The topological polar surface area (TPSA) is 0 Å². The van der Waals surface area contributed by atoms with Gasteiger partial charge in [-0.25, -0.2) is 0 Å². The van der Waals surface area contributed by atoms with Crippen LogP contribution in [0.4, 0.5) is 0 Å². The molecule has 0 aliphatic rings. The minimum absolute atomic E-state index is 1.12. The summed E-state index contributed by atoms with van der Waals surface area (Å²) in [5.41, 5.74) is 2.76. The van der Waals surface area contributed by atoms with Crippen molar-refractivity contribution in [3.8, 4) is 0 Å². The van der Waals surface area contributed by atoms with Crippen molar-refractivity contribution in [2.75, 3.05) is 0 Å². The van der Waals surface area contributed by atoms with Gasteiger partial charge in [0, 0.05) is 0 Å². The Morgan fingerprint density at radius 1 is 0.867 bits per heavy atom. The van der Waals surface area contributed by atoms with Gasteiger partial charge in [0.2, 0.25) is 0 Å². The third-order valence-electron chi connectivity index (χ3n) is 2.91. The maximum absolute atomic E-state index is 4.12. The minimum Gasteiger partial charge on any atom is -0.100 e. The molecule has 0 radical (unpaired) electrons. The highest BCUT2D eigenvalue weighted by molar-refractivity contribution is 6.80. The van der Waals surface area contributed by atoms with Crippen molar-refractivity contribution in [2.24, 2.45) is 0 Å². The lowest BCUT2D eigenvalue weighted by atomic mass is 10.4. The van der Waals surface area contributed by atoms with Crippen LogP contribution in [0.2, 0.25) is 24.2 Å². The first-order valence-corrected chi connectivity index (χ1v) is 9.07. The Hall–Kier alpha value is -0.303. The fourth-order valence-corrected chi connectivity index (χ4v) is 8.65. The van der Waals surface area contributed by atoms with Crippen LogP contribution in [0.1, 0.15) is 40.5 Å². The molecule has 0 heterocycles. The minimum atomic E-state index is -1.12. The van der Waals surface area contributed by atoms with Crippen LogP contribution < -0.4 is 0 Å². The number of rotatable bonds is 8. The first-order chi connectivity index (χ1) is 6.95. The second-order valence-corrected chi connectivity index (χ2v) is 9.97. The molecule has 0 N–H and O–H groups in total. The van der Waals surface area contributed by atoms with Gasteiger partial charge in [-0.15, -0.1) is 13.2 Å². The van der Waals surface area contributed by atoms with Gasteiger partial charge in [-0.3, -0.25) is 0 Å². The van der Waals surface area contributed by atoms with Crippen LogP contribution in [0.3, 0.4) is 0 Å². The van der Waals surface area contributed by atoms with Crippen molar-refractivity contribution in [3.05, 3.63) is 24.3 Å². The molecule has 0 spiro atoms. The summed E-state index contributed by atoms with van der Waals surface area (Å²) < 4.78 is 0. The van der Waals surface area contributed by atoms with Crippen LogP contribution in [0, 0.1) is 0 Å². The third-order valence-corrected chi connectivity index (χ3v) is 8.74. The molecule has 0 unspecified atom stereocenters. The molecule has 0 fully saturated rings. The molecule has 0 rings (SSSR count). The van der Waals surface area contributed by atoms with Gasteiger partial charge in [0.1, 0.15) is 0 Å². The molecule has 0 aromatic heterocycles. The van der Waals surface area contributed by atoms with Crippen LogP contribution in [-0.4, -0.2) is 8.07 Å². The van der Waals surface area contributed by atoms with E-state index in [-0.39, 0.29) is 0 Å². The van der Waals surface area contributed by atoms with E-state index in [4.69, 9.17) is 0 Å². The summed E-state index contributed by atoms with van der Waals surface area (Å²) in [7, 11) is -1.12. The molecular formula is C14H28Si. The monoisotopic (exact) mass is 224 g/mol. The fourth-order valence-electron chi connectivity index (χ4n) is 2.88. The fraction of sp³-hybridized carbons (Fsp3) is 0.714. The highest BCUT2D eigenvalue weighted by Crippen LogP contribution is 2.33. The molecular weight excluding hydrogens is 196 g/mol. The molecule has 88 valence electrons. The van der Waals surface area contributed by atoms with Crippen molar-refractivity contribution in [1.82, 2.24) is 0 Å². The average molecular weight is 224 g/mol. The summed E-state index contributed by atoms with van der Waals surface area (Å²) in [5, 5.41) is 0. The van der Waals surface area contributed by atoms with Crippen LogP contribution in [-0.2, 0) is 0 Å². The second kappa shape index (κ2) is 7.05. The standard InChI is InChI=1S/C14H28Si/c1-7-9-15(10-8-2,11-13(3)4)12-14(5)6/h3,5,7-12H2,1-2,4,6H3. The van der Waals surface area contributed by atoms with Gasteiger partial charge in [0.25, 0.3) is 0 Å². The van der Waals surface area contributed by atoms with E-state index in [9.17, 15) is 0 Å². The maximum atomic E-state index is 4.12. The first kappa shape index (κ1) is 14.7. The Balaban J connectivity index is 4.69. The van der Waals surface area contributed by atoms with Crippen molar-refractivity contribution < 1.29 is 0 Å². The lowest BCUT2D eigenvalue weighted by molar-refractivity contribution is 0.950. The average Bonchev–Trinajstić information content (AvgIpc) is 2.01. The normalized spacial score (nSPS) is 11.5. The zero-order valence-corrected chi connectivity index (χ0v) is 12.2. The van der Waals surface area contributed by atoms with E-state index in [0.29, 0.717) is 0 Å². The Labute approximate surface area is 97.5 Å². The molecule has 0 nitrogen and oxygen atoms in total. The maximum Gasteiger partial charge on any atom is 0.0615 e. The molecule has 1 heteroatoms. The van der Waals surface area contributed by atoms with Gasteiger partial charge >= 0.3 is 0 Å². The highest BCUT2D eigenvalue weighted by Gasteiger charge is 2.30. The molecule has 0 amide bonds. The molecule has 0 aliphatic carbocycles. The van der Waals surface area contributed by atoms with Crippen LogP contribution >= 0.6 is 0 Å². The molecule has 0 atom stereocenters. The van der Waals surface area contributed by atoms with Crippen LogP contribution in [0.5, 0.6) is 0 Å². The summed E-state index contributed by atoms with van der Waals surface area (Å²) in [5.74, 6) is 0. The van der Waals surface area contributed by atoms with E-state index in [2.05, 4.69) is 40.9 Å². The number of allylic oxidation sites excluding steroid dienone is 2. The molecule has 0 aromatic carbocycles. The molecule has 0 bridgehead atoms. The first-order valence-electron chi connectivity index (χ1n) is 6.24. The lowest BCUT2D eigenvalue weighted by Crippen LogP contribution is -2.34. The van der Waals surface area contributed by atoms with Gasteiger partial charge in [0.15, 0.2) is 0 Å². The molecule has 0 saturated carbocycles. The van der Waals surface area contributed by atoms with E-state index in [1.807, 2.05) is 0 Å². The molecule has 15 heavy (non-hydrogen) atoms. The number of hydrogen-bond donors (Lipinski definition) is 0. The van der Waals surface area contributed by atoms with Crippen LogP contribution in [0.25, 0.3) is 0 Å². The number of hydrogen-bond acceptors (Lipinski definition) is 0. The van der Waals surface area contributed by atoms with E-state index in [0.717, 1.165) is 0 Å². The van der Waals surface area contributed by atoms with Gasteiger partial charge in [0.05, 0.1) is 8.07 Å². The Morgan fingerprint density at radius 3 is 1.40 bits per heavy atom. The van der Waals surface area contributed by atoms with E-state index < -0.39 is 8.07 Å². The van der Waals surface area contributed by atoms with E-state index >= 15 is 0 Å². The molecule has 0 saturated heterocycles. The van der Waals surface area contributed by atoms with Crippen molar-refractivity contribution in [2.45, 2.75) is 64.7 Å². The summed E-state index contributed by atoms with van der Waals surface area (Å²) >= 11 is 0. The summed E-state index contributed by atoms with van der Waals surface area (Å²) in [6, 6.07) is 5.50. The van der Waals surface area contributed by atoms with Gasteiger partial charge in [-0.2, -0.15) is 0 Å². The van der Waals surface area contributed by atoms with Gasteiger partial charge < -0.3 is 0 Å². The van der Waals surface area contributed by atoms with Crippen molar-refractivity contribution in [1.29, 1.82) is 0 Å². The van der Waals surface area contributed by atoms with Gasteiger partial charge in [-0.05, 0) is 25.9 Å². The largest absolute Gasteiger partial charge is 0.100 e. The SMILES string of the molecule is C=C(C)C[Si](CCC)(CCC)CC(=C)C. The summed E-state index contributed by atoms with van der Waals surface area (Å²) in [6.07, 6.45) is 2.65. The van der Waals surface area contributed by atoms with Gasteiger partial charge in [-0.1, -0.05) is 49.9 Å². The predicted octanol–water partition coefficient (Wildman–Crippen LogP) is 5.41. The third kappa shape index (κ3) is 5.98. The lowest BCUT2D eigenvalue weighted by Gasteiger charge is -2.32. The van der Waals surface area contributed by atoms with Crippen molar-refractivity contribution >= 4 is 8.07 Å². The summed E-state index contributed by atoms with van der Waals surface area (Å²) in [6.45, 7) is 17.2. The quantitative estimate of drug-likeness (QED) is 0.382. The smallest absolute Gasteiger partial charge is 0.0615 e. The zero-order valence-electron chi connectivity index (χ0n) is 11.2. The predicted molar refractivity (Wildman–Crippen MR) is 75.2 cm³/mol. The zero-order chi connectivity index (χ0) is 11.9. The van der Waals surface area contributed by atoms with E-state index in [1.165, 1.54) is 48.2 Å². The molecule has 0 aliphatic heterocycles. The Morgan fingerprint density at radius 2 is 1.20 bits per heavy atom.